The van der Waals surface area contributed by atoms with Crippen molar-refractivity contribution in [3.63, 3.8) is 0 Å². The van der Waals surface area contributed by atoms with Crippen molar-refractivity contribution < 1.29 is 0 Å². The largest absolute Gasteiger partial charge is 0.0988 e. The molecule has 0 rings (SSSR count). The second-order valence-corrected chi connectivity index (χ2v) is 4.55. The summed E-state index contributed by atoms with van der Waals surface area (Å²) in [6.07, 6.45) is 16.2. The number of allylic oxidation sites excluding steroid dienone is 10. The number of rotatable bonds is 6. The van der Waals surface area contributed by atoms with Crippen LogP contribution in [0.15, 0.2) is 72.9 Å². The van der Waals surface area contributed by atoms with Crippen molar-refractivity contribution in [2.24, 2.45) is 5.41 Å². The summed E-state index contributed by atoms with van der Waals surface area (Å²) in [6.45, 7) is 16.0. The summed E-state index contributed by atoms with van der Waals surface area (Å²) in [7, 11) is 0. The fourth-order valence-corrected chi connectivity index (χ4v) is 1.35. The summed E-state index contributed by atoms with van der Waals surface area (Å²) in [6, 6.07) is 0. The van der Waals surface area contributed by atoms with Gasteiger partial charge in [-0.25, -0.2) is 0 Å². The molecule has 0 N–H and O–H groups in total. The zero-order valence-electron chi connectivity index (χ0n) is 11.5. The maximum Gasteiger partial charge on any atom is 0.00782 e. The summed E-state index contributed by atoms with van der Waals surface area (Å²) < 4.78 is 0. The Morgan fingerprint density at radius 2 is 1.65 bits per heavy atom. The van der Waals surface area contributed by atoms with Crippen LogP contribution in [0.5, 0.6) is 0 Å². The maximum absolute atomic E-state index is 3.87. The van der Waals surface area contributed by atoms with Gasteiger partial charge in [0, 0.05) is 5.41 Å². The molecular formula is C17H24. The molecule has 0 bridgehead atoms. The highest BCUT2D eigenvalue weighted by Crippen LogP contribution is 2.28. The summed E-state index contributed by atoms with van der Waals surface area (Å²) in [5, 5.41) is 0. The van der Waals surface area contributed by atoms with Crippen LogP contribution in [-0.4, -0.2) is 0 Å². The second-order valence-electron chi connectivity index (χ2n) is 4.55. The maximum atomic E-state index is 3.87. The minimum Gasteiger partial charge on any atom is -0.0988 e. The standard InChI is InChI=1S/C17H24/c1-7-10-13-16(9-3)17(5,6)14-11-12-15(4)8-2/h7-14H,2-3H2,1,4-6H3/b10-7+,14-11+,15-12-,16-13+. The van der Waals surface area contributed by atoms with Crippen molar-refractivity contribution in [3.05, 3.63) is 72.9 Å². The Hall–Kier alpha value is -1.56. The molecule has 0 heterocycles. The Morgan fingerprint density at radius 1 is 1.00 bits per heavy atom. The van der Waals surface area contributed by atoms with Crippen molar-refractivity contribution in [3.8, 4) is 0 Å². The molecule has 0 aromatic heterocycles. The van der Waals surface area contributed by atoms with Crippen molar-refractivity contribution in [1.29, 1.82) is 0 Å². The van der Waals surface area contributed by atoms with E-state index in [1.54, 1.807) is 0 Å². The monoisotopic (exact) mass is 228 g/mol. The summed E-state index contributed by atoms with van der Waals surface area (Å²) >= 11 is 0. The van der Waals surface area contributed by atoms with Crippen LogP contribution in [0.25, 0.3) is 0 Å². The van der Waals surface area contributed by atoms with Crippen LogP contribution in [0.3, 0.4) is 0 Å². The molecular weight excluding hydrogens is 204 g/mol. The number of hydrogen-bond acceptors (Lipinski definition) is 0. The van der Waals surface area contributed by atoms with Crippen LogP contribution in [0, 0.1) is 5.41 Å². The molecule has 0 heteroatoms. The highest BCUT2D eigenvalue weighted by atomic mass is 14.2. The van der Waals surface area contributed by atoms with E-state index in [0.29, 0.717) is 0 Å². The van der Waals surface area contributed by atoms with Crippen molar-refractivity contribution in [2.45, 2.75) is 27.7 Å². The van der Waals surface area contributed by atoms with E-state index in [1.165, 1.54) is 5.57 Å². The molecule has 0 aromatic carbocycles. The minimum atomic E-state index is -0.0147. The topological polar surface area (TPSA) is 0 Å². The average Bonchev–Trinajstić information content (AvgIpc) is 2.29. The summed E-state index contributed by atoms with van der Waals surface area (Å²) in [5.41, 5.74) is 2.35. The molecule has 0 radical (unpaired) electrons. The van der Waals surface area contributed by atoms with E-state index in [9.17, 15) is 0 Å². The van der Waals surface area contributed by atoms with Crippen molar-refractivity contribution in [2.75, 3.05) is 0 Å². The van der Waals surface area contributed by atoms with Gasteiger partial charge in [-0.05, 0) is 19.4 Å². The first-order valence-electron chi connectivity index (χ1n) is 5.92. The molecule has 0 amide bonds. The van der Waals surface area contributed by atoms with Crippen molar-refractivity contribution in [1.82, 2.24) is 0 Å². The third-order valence-electron chi connectivity index (χ3n) is 2.63. The molecule has 92 valence electrons. The van der Waals surface area contributed by atoms with Gasteiger partial charge in [0.2, 0.25) is 0 Å². The summed E-state index contributed by atoms with van der Waals surface area (Å²) in [5.74, 6) is 0. The fraction of sp³-hybridized carbons (Fsp3) is 0.294. The SMILES string of the molecule is C=C/C(C)=C\C=C\C(C)(C)/C(C=C)=C/C=C/C. The van der Waals surface area contributed by atoms with Crippen LogP contribution in [-0.2, 0) is 0 Å². The molecule has 0 aliphatic rings. The Kier molecular flexibility index (Phi) is 6.97. The van der Waals surface area contributed by atoms with Crippen LogP contribution in [0.2, 0.25) is 0 Å². The quantitative estimate of drug-likeness (QED) is 0.535. The first-order valence-corrected chi connectivity index (χ1v) is 5.92. The van der Waals surface area contributed by atoms with Crippen LogP contribution >= 0.6 is 0 Å². The van der Waals surface area contributed by atoms with E-state index in [4.69, 9.17) is 0 Å². The third kappa shape index (κ3) is 5.91. The van der Waals surface area contributed by atoms with E-state index in [2.05, 4.69) is 51.3 Å². The lowest BCUT2D eigenvalue weighted by molar-refractivity contribution is 0.595. The number of hydrogen-bond donors (Lipinski definition) is 0. The lowest BCUT2D eigenvalue weighted by atomic mass is 9.83. The van der Waals surface area contributed by atoms with E-state index in [1.807, 2.05) is 38.2 Å². The Morgan fingerprint density at radius 3 is 2.12 bits per heavy atom. The van der Waals surface area contributed by atoms with Gasteiger partial charge in [-0.2, -0.15) is 0 Å². The van der Waals surface area contributed by atoms with Crippen LogP contribution < -0.4 is 0 Å². The molecule has 0 fully saturated rings. The van der Waals surface area contributed by atoms with Gasteiger partial charge in [0.15, 0.2) is 0 Å². The molecule has 0 aliphatic heterocycles. The molecule has 0 unspecified atom stereocenters. The molecule has 0 aliphatic carbocycles. The van der Waals surface area contributed by atoms with E-state index in [0.717, 1.165) is 5.57 Å². The minimum absolute atomic E-state index is 0.0147. The van der Waals surface area contributed by atoms with Gasteiger partial charge < -0.3 is 0 Å². The highest BCUT2D eigenvalue weighted by molar-refractivity contribution is 5.33. The van der Waals surface area contributed by atoms with Gasteiger partial charge in [0.1, 0.15) is 0 Å². The Balaban J connectivity index is 4.99. The van der Waals surface area contributed by atoms with Crippen LogP contribution in [0.4, 0.5) is 0 Å². The zero-order valence-corrected chi connectivity index (χ0v) is 11.5. The molecule has 0 nitrogen and oxygen atoms in total. The van der Waals surface area contributed by atoms with E-state index in [-0.39, 0.29) is 5.41 Å². The molecule has 17 heavy (non-hydrogen) atoms. The smallest absolute Gasteiger partial charge is 0.00782 e. The molecule has 0 saturated carbocycles. The Labute approximate surface area is 106 Å². The molecule has 0 aromatic rings. The second kappa shape index (κ2) is 7.67. The molecule has 0 saturated heterocycles. The third-order valence-corrected chi connectivity index (χ3v) is 2.63. The van der Waals surface area contributed by atoms with Gasteiger partial charge in [-0.3, -0.25) is 0 Å². The predicted octanol–water partition coefficient (Wildman–Crippen LogP) is 5.39. The van der Waals surface area contributed by atoms with E-state index < -0.39 is 0 Å². The van der Waals surface area contributed by atoms with Gasteiger partial charge in [0.05, 0.1) is 0 Å². The molecule has 0 spiro atoms. The Bertz CT molecular complexity index is 371. The van der Waals surface area contributed by atoms with Crippen molar-refractivity contribution >= 4 is 0 Å². The average molecular weight is 228 g/mol. The summed E-state index contributed by atoms with van der Waals surface area (Å²) in [4.78, 5) is 0. The normalized spacial score (nSPS) is 14.6. The zero-order chi connectivity index (χ0) is 13.3. The van der Waals surface area contributed by atoms with Gasteiger partial charge >= 0.3 is 0 Å². The first-order chi connectivity index (χ1) is 7.97. The van der Waals surface area contributed by atoms with E-state index >= 15 is 0 Å². The first kappa shape index (κ1) is 15.4. The van der Waals surface area contributed by atoms with Crippen LogP contribution in [0.1, 0.15) is 27.7 Å². The lowest BCUT2D eigenvalue weighted by Crippen LogP contribution is -2.09. The van der Waals surface area contributed by atoms with Gasteiger partial charge in [-0.15, -0.1) is 0 Å². The van der Waals surface area contributed by atoms with Gasteiger partial charge in [0.25, 0.3) is 0 Å². The molecule has 0 atom stereocenters. The predicted molar refractivity (Wildman–Crippen MR) is 80.0 cm³/mol. The highest BCUT2D eigenvalue weighted by Gasteiger charge is 2.16. The fourth-order valence-electron chi connectivity index (χ4n) is 1.35. The van der Waals surface area contributed by atoms with Gasteiger partial charge in [-0.1, -0.05) is 81.2 Å². The lowest BCUT2D eigenvalue weighted by Gasteiger charge is -2.21.